The summed E-state index contributed by atoms with van der Waals surface area (Å²) in [5.41, 5.74) is 7.92. The van der Waals surface area contributed by atoms with Crippen LogP contribution in [0, 0.1) is 0 Å². The predicted molar refractivity (Wildman–Crippen MR) is 65.9 cm³/mol. The maximum atomic E-state index is 11.5. The minimum atomic E-state index is -3.01. The summed E-state index contributed by atoms with van der Waals surface area (Å²) in [4.78, 5) is 3.05. The summed E-state index contributed by atoms with van der Waals surface area (Å²) in [7, 11) is -3.01. The molecule has 2 aromatic rings. The molecule has 0 saturated heterocycles. The molecular weight excluding hydrogens is 224 g/mol. The predicted octanol–water partition coefficient (Wildman–Crippen LogP) is 1.68. The van der Waals surface area contributed by atoms with E-state index < -0.39 is 9.84 Å². The van der Waals surface area contributed by atoms with Gasteiger partial charge in [0.25, 0.3) is 0 Å². The van der Waals surface area contributed by atoms with Crippen molar-refractivity contribution in [1.82, 2.24) is 4.98 Å². The maximum absolute atomic E-state index is 11.5. The van der Waals surface area contributed by atoms with Gasteiger partial charge >= 0.3 is 0 Å². The van der Waals surface area contributed by atoms with Gasteiger partial charge in [-0.3, -0.25) is 0 Å². The zero-order chi connectivity index (χ0) is 11.8. The van der Waals surface area contributed by atoms with E-state index in [0.717, 1.165) is 10.9 Å². The number of aromatic nitrogens is 1. The van der Waals surface area contributed by atoms with Gasteiger partial charge in [-0.15, -0.1) is 0 Å². The van der Waals surface area contributed by atoms with Crippen LogP contribution < -0.4 is 5.73 Å². The van der Waals surface area contributed by atoms with Crippen LogP contribution >= 0.6 is 0 Å². The second-order valence-electron chi connectivity index (χ2n) is 3.78. The van der Waals surface area contributed by atoms with E-state index in [1.54, 1.807) is 13.0 Å². The molecule has 0 radical (unpaired) electrons. The van der Waals surface area contributed by atoms with Crippen LogP contribution in [0.25, 0.3) is 10.9 Å². The number of nitrogen functional groups attached to an aromatic ring is 1. The monoisotopic (exact) mass is 238 g/mol. The number of hydrogen-bond donors (Lipinski definition) is 2. The standard InChI is InChI=1S/C11H14N2O2S/c1-2-16(14,15)7-9-6-8-4-3-5-10(12)11(8)13-9/h3-6,13H,2,7,12H2,1H3. The number of fused-ring (bicyclic) bond motifs is 1. The van der Waals surface area contributed by atoms with E-state index in [4.69, 9.17) is 5.73 Å². The summed E-state index contributed by atoms with van der Waals surface area (Å²) in [6.45, 7) is 1.65. The van der Waals surface area contributed by atoms with Crippen molar-refractivity contribution in [1.29, 1.82) is 0 Å². The summed E-state index contributed by atoms with van der Waals surface area (Å²) < 4.78 is 23.0. The van der Waals surface area contributed by atoms with Crippen LogP contribution in [0.15, 0.2) is 24.3 Å². The minimum Gasteiger partial charge on any atom is -0.397 e. The number of rotatable bonds is 3. The molecule has 4 nitrogen and oxygen atoms in total. The number of hydrogen-bond acceptors (Lipinski definition) is 3. The fraction of sp³-hybridized carbons (Fsp3) is 0.273. The molecule has 2 rings (SSSR count). The van der Waals surface area contributed by atoms with E-state index in [1.807, 2.05) is 18.2 Å². The van der Waals surface area contributed by atoms with Crippen LogP contribution in [0.3, 0.4) is 0 Å². The van der Waals surface area contributed by atoms with Gasteiger partial charge in [-0.05, 0) is 12.1 Å². The van der Waals surface area contributed by atoms with Crippen molar-refractivity contribution < 1.29 is 8.42 Å². The number of nitrogens with two attached hydrogens (primary N) is 1. The van der Waals surface area contributed by atoms with E-state index >= 15 is 0 Å². The van der Waals surface area contributed by atoms with E-state index in [1.165, 1.54) is 0 Å². The highest BCUT2D eigenvalue weighted by Gasteiger charge is 2.11. The first-order chi connectivity index (χ1) is 7.52. The number of aromatic amines is 1. The average Bonchev–Trinajstić information content (AvgIpc) is 2.61. The van der Waals surface area contributed by atoms with Gasteiger partial charge in [-0.1, -0.05) is 19.1 Å². The van der Waals surface area contributed by atoms with Gasteiger partial charge in [0, 0.05) is 16.8 Å². The summed E-state index contributed by atoms with van der Waals surface area (Å²) in [6, 6.07) is 7.38. The van der Waals surface area contributed by atoms with Crippen molar-refractivity contribution in [3.05, 3.63) is 30.0 Å². The zero-order valence-corrected chi connectivity index (χ0v) is 9.84. The Labute approximate surface area is 94.4 Å². The molecule has 0 unspecified atom stereocenters. The number of sulfone groups is 1. The Morgan fingerprint density at radius 3 is 2.75 bits per heavy atom. The molecular formula is C11H14N2O2S. The lowest BCUT2D eigenvalue weighted by Crippen LogP contribution is -2.06. The lowest BCUT2D eigenvalue weighted by molar-refractivity contribution is 0.596. The van der Waals surface area contributed by atoms with E-state index in [0.29, 0.717) is 11.4 Å². The Kier molecular flexibility index (Phi) is 2.63. The Bertz CT molecular complexity index is 614. The van der Waals surface area contributed by atoms with Crippen LogP contribution in [0.2, 0.25) is 0 Å². The van der Waals surface area contributed by atoms with Gasteiger partial charge in [-0.2, -0.15) is 0 Å². The number of anilines is 1. The van der Waals surface area contributed by atoms with Crippen molar-refractivity contribution in [2.24, 2.45) is 0 Å². The molecule has 3 N–H and O–H groups in total. The van der Waals surface area contributed by atoms with E-state index in [2.05, 4.69) is 4.98 Å². The molecule has 0 atom stereocenters. The van der Waals surface area contributed by atoms with Crippen LogP contribution in [0.4, 0.5) is 5.69 Å². The van der Waals surface area contributed by atoms with Gasteiger partial charge in [0.1, 0.15) is 0 Å². The van der Waals surface area contributed by atoms with Gasteiger partial charge in [0.2, 0.25) is 0 Å². The van der Waals surface area contributed by atoms with Gasteiger partial charge in [0.05, 0.1) is 17.0 Å². The molecule has 0 amide bonds. The number of nitrogens with one attached hydrogen (secondary N) is 1. The molecule has 0 aliphatic rings. The molecule has 0 spiro atoms. The highest BCUT2D eigenvalue weighted by molar-refractivity contribution is 7.90. The largest absolute Gasteiger partial charge is 0.397 e. The molecule has 0 aliphatic heterocycles. The van der Waals surface area contributed by atoms with Crippen molar-refractivity contribution >= 4 is 26.4 Å². The van der Waals surface area contributed by atoms with Crippen molar-refractivity contribution in [2.45, 2.75) is 12.7 Å². The first kappa shape index (κ1) is 11.0. The molecule has 1 heterocycles. The summed E-state index contributed by atoms with van der Waals surface area (Å²) in [5, 5.41) is 0.946. The second-order valence-corrected chi connectivity index (χ2v) is 6.14. The van der Waals surface area contributed by atoms with Crippen molar-refractivity contribution in [3.8, 4) is 0 Å². The maximum Gasteiger partial charge on any atom is 0.155 e. The lowest BCUT2D eigenvalue weighted by atomic mass is 10.2. The van der Waals surface area contributed by atoms with Gasteiger partial charge < -0.3 is 10.7 Å². The van der Waals surface area contributed by atoms with Crippen LogP contribution in [0.5, 0.6) is 0 Å². The Morgan fingerprint density at radius 2 is 2.12 bits per heavy atom. The quantitative estimate of drug-likeness (QED) is 0.799. The Hall–Kier alpha value is -1.49. The van der Waals surface area contributed by atoms with Crippen LogP contribution in [0.1, 0.15) is 12.6 Å². The third-order valence-electron chi connectivity index (χ3n) is 2.56. The van der Waals surface area contributed by atoms with Crippen LogP contribution in [-0.4, -0.2) is 19.2 Å². The molecule has 1 aromatic heterocycles. The second kappa shape index (κ2) is 3.83. The summed E-state index contributed by atoms with van der Waals surface area (Å²) >= 11 is 0. The number of para-hydroxylation sites is 1. The van der Waals surface area contributed by atoms with Gasteiger partial charge in [0.15, 0.2) is 9.84 Å². The number of H-pyrrole nitrogens is 1. The first-order valence-electron chi connectivity index (χ1n) is 5.08. The first-order valence-corrected chi connectivity index (χ1v) is 6.90. The molecule has 16 heavy (non-hydrogen) atoms. The van der Waals surface area contributed by atoms with Crippen LogP contribution in [-0.2, 0) is 15.6 Å². The SMILES string of the molecule is CCS(=O)(=O)Cc1cc2cccc(N)c2[nH]1. The topological polar surface area (TPSA) is 75.9 Å². The molecule has 5 heteroatoms. The Morgan fingerprint density at radius 1 is 1.38 bits per heavy atom. The average molecular weight is 238 g/mol. The highest BCUT2D eigenvalue weighted by atomic mass is 32.2. The lowest BCUT2D eigenvalue weighted by Gasteiger charge is -1.97. The summed E-state index contributed by atoms with van der Waals surface area (Å²) in [5.74, 6) is 0.190. The molecule has 0 bridgehead atoms. The molecule has 0 saturated carbocycles. The van der Waals surface area contributed by atoms with Crippen molar-refractivity contribution in [3.63, 3.8) is 0 Å². The van der Waals surface area contributed by atoms with Crippen molar-refractivity contribution in [2.75, 3.05) is 11.5 Å². The van der Waals surface area contributed by atoms with E-state index in [9.17, 15) is 8.42 Å². The zero-order valence-electron chi connectivity index (χ0n) is 9.03. The minimum absolute atomic E-state index is 0.0393. The Balaban J connectivity index is 2.45. The molecule has 1 aromatic carbocycles. The summed E-state index contributed by atoms with van der Waals surface area (Å²) in [6.07, 6.45) is 0. The highest BCUT2D eigenvalue weighted by Crippen LogP contribution is 2.22. The normalized spacial score (nSPS) is 12.1. The third kappa shape index (κ3) is 2.04. The fourth-order valence-corrected chi connectivity index (χ4v) is 2.49. The molecule has 0 fully saturated rings. The fourth-order valence-electron chi connectivity index (χ4n) is 1.65. The smallest absolute Gasteiger partial charge is 0.155 e. The third-order valence-corrected chi connectivity index (χ3v) is 4.19. The van der Waals surface area contributed by atoms with Gasteiger partial charge in [-0.25, -0.2) is 8.42 Å². The number of benzene rings is 1. The van der Waals surface area contributed by atoms with E-state index in [-0.39, 0.29) is 11.5 Å². The molecule has 86 valence electrons. The molecule has 0 aliphatic carbocycles.